The van der Waals surface area contributed by atoms with E-state index in [1.165, 1.54) is 6.92 Å². The van der Waals surface area contributed by atoms with Crippen LogP contribution in [0.5, 0.6) is 0 Å². The lowest BCUT2D eigenvalue weighted by molar-refractivity contribution is -0.169. The Morgan fingerprint density at radius 2 is 1.67 bits per heavy atom. The van der Waals surface area contributed by atoms with E-state index in [2.05, 4.69) is 0 Å². The maximum Gasteiger partial charge on any atom is 0.173 e. The molecule has 86 valence electrons. The van der Waals surface area contributed by atoms with Crippen molar-refractivity contribution in [3.63, 3.8) is 0 Å². The van der Waals surface area contributed by atoms with Gasteiger partial charge in [0.2, 0.25) is 0 Å². The maximum absolute atomic E-state index is 11.4. The van der Waals surface area contributed by atoms with Crippen LogP contribution in [0, 0.1) is 0 Å². The molecule has 4 nitrogen and oxygen atoms in total. The van der Waals surface area contributed by atoms with E-state index >= 15 is 0 Å². The third kappa shape index (κ3) is 3.39. The summed E-state index contributed by atoms with van der Waals surface area (Å²) in [5.41, 5.74) is 0. The second-order valence-corrected chi connectivity index (χ2v) is 4.37. The van der Waals surface area contributed by atoms with Crippen LogP contribution in [0.1, 0.15) is 40.5 Å². The van der Waals surface area contributed by atoms with Crippen LogP contribution in [0.4, 0.5) is 0 Å². The Hall–Kier alpha value is -0.740. The molecule has 1 fully saturated rings. The number of hydrogen-bond donors (Lipinski definition) is 0. The predicted octanol–water partition coefficient (Wildman–Crippen LogP) is 1.46. The van der Waals surface area contributed by atoms with Crippen LogP contribution >= 0.6 is 0 Å². The van der Waals surface area contributed by atoms with Gasteiger partial charge >= 0.3 is 0 Å². The highest BCUT2D eigenvalue weighted by Crippen LogP contribution is 2.31. The summed E-state index contributed by atoms with van der Waals surface area (Å²) in [5.74, 6) is -1.11. The van der Waals surface area contributed by atoms with Crippen molar-refractivity contribution in [2.45, 2.75) is 58.5 Å². The van der Waals surface area contributed by atoms with Gasteiger partial charge in [0.25, 0.3) is 0 Å². The van der Waals surface area contributed by atoms with Crippen molar-refractivity contribution in [1.82, 2.24) is 0 Å². The molecule has 0 bridgehead atoms. The molecular formula is C11H18O4. The highest BCUT2D eigenvalue weighted by atomic mass is 16.8. The van der Waals surface area contributed by atoms with Crippen molar-refractivity contribution in [3.05, 3.63) is 0 Å². The lowest BCUT2D eigenvalue weighted by Gasteiger charge is -2.21. The van der Waals surface area contributed by atoms with Crippen LogP contribution in [0.2, 0.25) is 0 Å². The molecule has 1 aliphatic heterocycles. The fourth-order valence-corrected chi connectivity index (χ4v) is 1.79. The molecule has 0 radical (unpaired) electrons. The zero-order chi connectivity index (χ0) is 11.6. The molecular weight excluding hydrogens is 196 g/mol. The number of ether oxygens (including phenoxy) is 2. The molecule has 4 heteroatoms. The Balaban J connectivity index is 2.51. The Morgan fingerprint density at radius 1 is 1.20 bits per heavy atom. The molecule has 0 aromatic carbocycles. The van der Waals surface area contributed by atoms with Gasteiger partial charge in [-0.25, -0.2) is 0 Å². The number of hydrogen-bond acceptors (Lipinski definition) is 4. The van der Waals surface area contributed by atoms with Gasteiger partial charge in [0.05, 0.1) is 25.0 Å². The summed E-state index contributed by atoms with van der Waals surface area (Å²) in [4.78, 5) is 22.2. The van der Waals surface area contributed by atoms with Crippen LogP contribution in [0.15, 0.2) is 0 Å². The average molecular weight is 214 g/mol. The second-order valence-electron chi connectivity index (χ2n) is 4.37. The van der Waals surface area contributed by atoms with Crippen LogP contribution in [0.25, 0.3) is 0 Å². The minimum atomic E-state index is -0.856. The summed E-state index contributed by atoms with van der Waals surface area (Å²) < 4.78 is 11.1. The van der Waals surface area contributed by atoms with Gasteiger partial charge in [-0.1, -0.05) is 0 Å². The minimum absolute atomic E-state index is 0.0138. The first-order chi connectivity index (χ1) is 6.82. The number of carbonyl (C=O) groups excluding carboxylic acids is 2. The standard InChI is InChI=1S/C11H18O4/c1-7(12)5-10(13)6-11(4)14-8(2)9(3)15-11/h8-9H,5-6H2,1-4H3. The Kier molecular flexibility index (Phi) is 3.62. The summed E-state index contributed by atoms with van der Waals surface area (Å²) in [6.07, 6.45) is 0.0760. The van der Waals surface area contributed by atoms with Gasteiger partial charge in [-0.3, -0.25) is 9.59 Å². The van der Waals surface area contributed by atoms with Gasteiger partial charge in [-0.15, -0.1) is 0 Å². The van der Waals surface area contributed by atoms with Crippen molar-refractivity contribution < 1.29 is 19.1 Å². The molecule has 1 saturated heterocycles. The molecule has 0 amide bonds. The van der Waals surface area contributed by atoms with Crippen molar-refractivity contribution in [3.8, 4) is 0 Å². The van der Waals surface area contributed by atoms with E-state index in [9.17, 15) is 9.59 Å². The second kappa shape index (κ2) is 4.41. The van der Waals surface area contributed by atoms with Crippen molar-refractivity contribution in [2.24, 2.45) is 0 Å². The lowest BCUT2D eigenvalue weighted by Crippen LogP contribution is -2.30. The van der Waals surface area contributed by atoms with Crippen molar-refractivity contribution in [1.29, 1.82) is 0 Å². The molecule has 0 spiro atoms. The van der Waals surface area contributed by atoms with E-state index < -0.39 is 5.79 Å². The topological polar surface area (TPSA) is 52.6 Å². The molecule has 1 aliphatic rings. The first-order valence-electron chi connectivity index (χ1n) is 5.19. The summed E-state index contributed by atoms with van der Waals surface area (Å²) >= 11 is 0. The fraction of sp³-hybridized carbons (Fsp3) is 0.818. The monoisotopic (exact) mass is 214 g/mol. The molecule has 1 rings (SSSR count). The van der Waals surface area contributed by atoms with Gasteiger partial charge < -0.3 is 9.47 Å². The van der Waals surface area contributed by atoms with E-state index in [1.54, 1.807) is 6.92 Å². The summed E-state index contributed by atoms with van der Waals surface area (Å²) in [6, 6.07) is 0. The molecule has 15 heavy (non-hydrogen) atoms. The fourth-order valence-electron chi connectivity index (χ4n) is 1.79. The Bertz CT molecular complexity index is 262. The zero-order valence-electron chi connectivity index (χ0n) is 9.70. The largest absolute Gasteiger partial charge is 0.344 e. The van der Waals surface area contributed by atoms with Crippen molar-refractivity contribution in [2.75, 3.05) is 0 Å². The third-order valence-corrected chi connectivity index (χ3v) is 2.50. The van der Waals surface area contributed by atoms with Crippen LogP contribution in [0.3, 0.4) is 0 Å². The quantitative estimate of drug-likeness (QED) is 0.665. The van der Waals surface area contributed by atoms with Crippen LogP contribution in [-0.4, -0.2) is 29.6 Å². The molecule has 0 aliphatic carbocycles. The van der Waals surface area contributed by atoms with E-state index in [1.807, 2.05) is 13.8 Å². The van der Waals surface area contributed by atoms with Crippen LogP contribution in [-0.2, 0) is 19.1 Å². The summed E-state index contributed by atoms with van der Waals surface area (Å²) in [5, 5.41) is 0. The van der Waals surface area contributed by atoms with E-state index in [0.29, 0.717) is 0 Å². The molecule has 0 N–H and O–H groups in total. The predicted molar refractivity (Wildman–Crippen MR) is 54.4 cm³/mol. The van der Waals surface area contributed by atoms with E-state index in [-0.39, 0.29) is 36.6 Å². The highest BCUT2D eigenvalue weighted by Gasteiger charge is 2.41. The number of carbonyl (C=O) groups is 2. The lowest BCUT2D eigenvalue weighted by atomic mass is 10.1. The summed E-state index contributed by atoms with van der Waals surface area (Å²) in [7, 11) is 0. The normalized spacial score (nSPS) is 35.5. The molecule has 0 aromatic rings. The number of ketones is 2. The van der Waals surface area contributed by atoms with E-state index in [4.69, 9.17) is 9.47 Å². The number of rotatable bonds is 4. The minimum Gasteiger partial charge on any atom is -0.344 e. The van der Waals surface area contributed by atoms with Gasteiger partial charge in [0.1, 0.15) is 11.6 Å². The maximum atomic E-state index is 11.4. The molecule has 0 aromatic heterocycles. The van der Waals surface area contributed by atoms with Gasteiger partial charge in [-0.2, -0.15) is 0 Å². The zero-order valence-corrected chi connectivity index (χ0v) is 9.70. The highest BCUT2D eigenvalue weighted by molar-refractivity contribution is 5.98. The first kappa shape index (κ1) is 12.3. The third-order valence-electron chi connectivity index (χ3n) is 2.50. The number of Topliss-reactive ketones (excluding diaryl/α,β-unsaturated/α-hetero) is 2. The van der Waals surface area contributed by atoms with E-state index in [0.717, 1.165) is 0 Å². The van der Waals surface area contributed by atoms with Crippen LogP contribution < -0.4 is 0 Å². The smallest absolute Gasteiger partial charge is 0.173 e. The first-order valence-corrected chi connectivity index (χ1v) is 5.19. The van der Waals surface area contributed by atoms with Gasteiger partial charge in [-0.05, 0) is 27.7 Å². The molecule has 2 unspecified atom stereocenters. The Labute approximate surface area is 89.9 Å². The Morgan fingerprint density at radius 3 is 2.07 bits per heavy atom. The SMILES string of the molecule is CC(=O)CC(=O)CC1(C)OC(C)C(C)O1. The molecule has 1 heterocycles. The van der Waals surface area contributed by atoms with Gasteiger partial charge in [0.15, 0.2) is 5.79 Å². The summed E-state index contributed by atoms with van der Waals surface area (Å²) in [6.45, 7) is 6.96. The molecule has 0 saturated carbocycles. The average Bonchev–Trinajstić information content (AvgIpc) is 2.22. The van der Waals surface area contributed by atoms with Gasteiger partial charge in [0, 0.05) is 0 Å². The molecule has 2 atom stereocenters. The van der Waals surface area contributed by atoms with Crippen molar-refractivity contribution >= 4 is 11.6 Å².